The summed E-state index contributed by atoms with van der Waals surface area (Å²) in [4.78, 5) is 25.4. The molecule has 1 N–H and O–H groups in total. The molecule has 2 aromatic rings. The third kappa shape index (κ3) is 4.67. The molecule has 0 aliphatic carbocycles. The minimum atomic E-state index is -0.0345. The monoisotopic (exact) mass is 359 g/mol. The van der Waals surface area contributed by atoms with Crippen LogP contribution in [0.4, 0.5) is 5.95 Å². The van der Waals surface area contributed by atoms with Gasteiger partial charge in [-0.1, -0.05) is 30.7 Å². The molecule has 0 atom stereocenters. The van der Waals surface area contributed by atoms with E-state index in [1.807, 2.05) is 29.2 Å². The van der Waals surface area contributed by atoms with Crippen LogP contribution in [-0.4, -0.2) is 58.4 Å². The second-order valence-corrected chi connectivity index (χ2v) is 6.41. The predicted octanol–water partition coefficient (Wildman–Crippen LogP) is 2.52. The summed E-state index contributed by atoms with van der Waals surface area (Å²) in [6.07, 6.45) is 1.62. The van der Waals surface area contributed by atoms with Gasteiger partial charge in [0.25, 0.3) is 5.91 Å². The number of amides is 1. The van der Waals surface area contributed by atoms with E-state index < -0.39 is 0 Å². The maximum atomic E-state index is 12.6. The Bertz CT molecular complexity index is 714. The smallest absolute Gasteiger partial charge is 0.272 e. The zero-order chi connectivity index (χ0) is 17.6. The molecule has 6 nitrogen and oxygen atoms in total. The first kappa shape index (κ1) is 17.6. The summed E-state index contributed by atoms with van der Waals surface area (Å²) < 4.78 is 0. The molecule has 0 unspecified atom stereocenters. The van der Waals surface area contributed by atoms with Gasteiger partial charge in [0, 0.05) is 43.9 Å². The van der Waals surface area contributed by atoms with E-state index in [1.54, 1.807) is 12.3 Å². The summed E-state index contributed by atoms with van der Waals surface area (Å²) in [6.45, 7) is 7.04. The summed E-state index contributed by atoms with van der Waals surface area (Å²) in [5, 5.41) is 3.85. The molecule has 0 saturated carbocycles. The lowest BCUT2D eigenvalue weighted by molar-refractivity contribution is 0.0637. The Labute approximate surface area is 152 Å². The molecule has 1 aromatic carbocycles. The predicted molar refractivity (Wildman–Crippen MR) is 98.8 cm³/mol. The molecule has 132 valence electrons. The Morgan fingerprint density at radius 2 is 1.88 bits per heavy atom. The van der Waals surface area contributed by atoms with Crippen molar-refractivity contribution in [2.45, 2.75) is 13.5 Å². The fraction of sp³-hybridized carbons (Fsp3) is 0.389. The molecule has 1 saturated heterocycles. The fourth-order valence-electron chi connectivity index (χ4n) is 2.78. The molecule has 3 rings (SSSR count). The van der Waals surface area contributed by atoms with E-state index in [9.17, 15) is 4.79 Å². The number of hydrogen-bond acceptors (Lipinski definition) is 5. The van der Waals surface area contributed by atoms with Crippen LogP contribution >= 0.6 is 11.6 Å². The van der Waals surface area contributed by atoms with Gasteiger partial charge in [0.2, 0.25) is 5.95 Å². The van der Waals surface area contributed by atoms with Crippen LogP contribution in [0.2, 0.25) is 5.02 Å². The van der Waals surface area contributed by atoms with Gasteiger partial charge < -0.3 is 15.1 Å². The van der Waals surface area contributed by atoms with Gasteiger partial charge in [-0.15, -0.1) is 0 Å². The summed E-state index contributed by atoms with van der Waals surface area (Å²) >= 11 is 5.89. The van der Waals surface area contributed by atoms with Gasteiger partial charge in [0.1, 0.15) is 5.69 Å². The van der Waals surface area contributed by atoms with E-state index >= 15 is 0 Å². The van der Waals surface area contributed by atoms with E-state index in [-0.39, 0.29) is 5.91 Å². The van der Waals surface area contributed by atoms with Gasteiger partial charge in [-0.2, -0.15) is 0 Å². The van der Waals surface area contributed by atoms with Gasteiger partial charge in [0.05, 0.1) is 0 Å². The highest BCUT2D eigenvalue weighted by Crippen LogP contribution is 2.12. The molecule has 0 radical (unpaired) electrons. The van der Waals surface area contributed by atoms with Crippen LogP contribution in [0.1, 0.15) is 23.0 Å². The van der Waals surface area contributed by atoms with E-state index in [0.717, 1.165) is 38.3 Å². The fourth-order valence-corrected chi connectivity index (χ4v) is 2.90. The van der Waals surface area contributed by atoms with Crippen molar-refractivity contribution < 1.29 is 4.79 Å². The van der Waals surface area contributed by atoms with Crippen molar-refractivity contribution in [1.29, 1.82) is 0 Å². The molecule has 25 heavy (non-hydrogen) atoms. The number of carbonyl (C=O) groups is 1. The van der Waals surface area contributed by atoms with Crippen molar-refractivity contribution >= 4 is 23.5 Å². The molecule has 1 aliphatic rings. The molecule has 0 spiro atoms. The average Bonchev–Trinajstić information content (AvgIpc) is 2.67. The summed E-state index contributed by atoms with van der Waals surface area (Å²) in [5.74, 6) is 0.417. The SMILES string of the molecule is CCN1CCN(C(=O)c2ccnc(NCc3ccc(Cl)cc3)n2)CC1. The molecule has 2 heterocycles. The average molecular weight is 360 g/mol. The first-order valence-corrected chi connectivity index (χ1v) is 8.86. The second-order valence-electron chi connectivity index (χ2n) is 5.97. The number of nitrogens with zero attached hydrogens (tertiary/aromatic N) is 4. The molecule has 7 heteroatoms. The van der Waals surface area contributed by atoms with E-state index in [0.29, 0.717) is 23.2 Å². The lowest BCUT2D eigenvalue weighted by Gasteiger charge is -2.33. The highest BCUT2D eigenvalue weighted by Gasteiger charge is 2.22. The molecule has 1 aliphatic heterocycles. The Morgan fingerprint density at radius 3 is 2.56 bits per heavy atom. The molecule has 1 aromatic heterocycles. The highest BCUT2D eigenvalue weighted by atomic mass is 35.5. The minimum Gasteiger partial charge on any atom is -0.350 e. The van der Waals surface area contributed by atoms with Gasteiger partial charge in [-0.05, 0) is 30.3 Å². The first-order valence-electron chi connectivity index (χ1n) is 8.48. The minimum absolute atomic E-state index is 0.0345. The zero-order valence-corrected chi connectivity index (χ0v) is 15.0. The lowest BCUT2D eigenvalue weighted by atomic mass is 10.2. The maximum absolute atomic E-state index is 12.6. The third-order valence-corrected chi connectivity index (χ3v) is 4.60. The summed E-state index contributed by atoms with van der Waals surface area (Å²) in [5.41, 5.74) is 1.50. The Hall–Kier alpha value is -2.18. The quantitative estimate of drug-likeness (QED) is 0.888. The number of carbonyl (C=O) groups excluding carboxylic acids is 1. The number of nitrogens with one attached hydrogen (secondary N) is 1. The Balaban J connectivity index is 1.61. The topological polar surface area (TPSA) is 61.4 Å². The van der Waals surface area contributed by atoms with Crippen molar-refractivity contribution in [1.82, 2.24) is 19.8 Å². The number of hydrogen-bond donors (Lipinski definition) is 1. The molecule has 1 amide bonds. The standard InChI is InChI=1S/C18H22ClN5O/c1-2-23-9-11-24(12-10-23)17(25)16-7-8-20-18(22-16)21-13-14-3-5-15(19)6-4-14/h3-8H,2,9-13H2,1H3,(H,20,21,22). The number of likely N-dealkylation sites (N-methyl/N-ethyl adjacent to an activating group) is 1. The molecular formula is C18H22ClN5O. The molecular weight excluding hydrogens is 338 g/mol. The van der Waals surface area contributed by atoms with Crippen molar-refractivity contribution in [3.05, 3.63) is 52.8 Å². The van der Waals surface area contributed by atoms with Crippen LogP contribution in [0.25, 0.3) is 0 Å². The number of halogens is 1. The van der Waals surface area contributed by atoms with Gasteiger partial charge in [-0.25, -0.2) is 9.97 Å². The largest absolute Gasteiger partial charge is 0.350 e. The normalized spacial score (nSPS) is 15.2. The second kappa shape index (κ2) is 8.27. The van der Waals surface area contributed by atoms with Crippen LogP contribution in [0, 0.1) is 0 Å². The number of aromatic nitrogens is 2. The van der Waals surface area contributed by atoms with Crippen molar-refractivity contribution in [3.8, 4) is 0 Å². The third-order valence-electron chi connectivity index (χ3n) is 4.35. The van der Waals surface area contributed by atoms with Crippen LogP contribution in [0.3, 0.4) is 0 Å². The Morgan fingerprint density at radius 1 is 1.16 bits per heavy atom. The van der Waals surface area contributed by atoms with Crippen LogP contribution < -0.4 is 5.32 Å². The molecule has 1 fully saturated rings. The zero-order valence-electron chi connectivity index (χ0n) is 14.3. The van der Waals surface area contributed by atoms with Gasteiger partial charge >= 0.3 is 0 Å². The van der Waals surface area contributed by atoms with E-state index in [4.69, 9.17) is 11.6 Å². The van der Waals surface area contributed by atoms with Crippen LogP contribution in [0.5, 0.6) is 0 Å². The lowest BCUT2D eigenvalue weighted by Crippen LogP contribution is -2.48. The summed E-state index contributed by atoms with van der Waals surface area (Å²) in [6, 6.07) is 9.24. The maximum Gasteiger partial charge on any atom is 0.272 e. The first-order chi connectivity index (χ1) is 12.2. The van der Waals surface area contributed by atoms with Crippen molar-refractivity contribution in [2.24, 2.45) is 0 Å². The van der Waals surface area contributed by atoms with Crippen LogP contribution in [-0.2, 0) is 6.54 Å². The number of anilines is 1. The van der Waals surface area contributed by atoms with Crippen molar-refractivity contribution in [3.63, 3.8) is 0 Å². The number of rotatable bonds is 5. The highest BCUT2D eigenvalue weighted by molar-refractivity contribution is 6.30. The molecule has 0 bridgehead atoms. The van der Waals surface area contributed by atoms with E-state index in [1.165, 1.54) is 0 Å². The van der Waals surface area contributed by atoms with Crippen LogP contribution in [0.15, 0.2) is 36.5 Å². The Kier molecular flexibility index (Phi) is 5.83. The summed E-state index contributed by atoms with van der Waals surface area (Å²) in [7, 11) is 0. The number of benzene rings is 1. The van der Waals surface area contributed by atoms with Crippen molar-refractivity contribution in [2.75, 3.05) is 38.0 Å². The van der Waals surface area contributed by atoms with E-state index in [2.05, 4.69) is 27.1 Å². The number of piperazine rings is 1. The van der Waals surface area contributed by atoms with Gasteiger partial charge in [-0.3, -0.25) is 4.79 Å². The van der Waals surface area contributed by atoms with Gasteiger partial charge in [0.15, 0.2) is 0 Å².